The Hall–Kier alpha value is -1.54. The van der Waals surface area contributed by atoms with E-state index in [-0.39, 0.29) is 5.75 Å². The van der Waals surface area contributed by atoms with E-state index in [9.17, 15) is 8.42 Å². The van der Waals surface area contributed by atoms with Crippen LogP contribution in [0.15, 0.2) is 33.9 Å². The minimum absolute atomic E-state index is 0.163. The minimum atomic E-state index is -3.48. The minimum Gasteiger partial charge on any atom is -0.361 e. The van der Waals surface area contributed by atoms with Gasteiger partial charge in [-0.15, -0.1) is 11.8 Å². The summed E-state index contributed by atoms with van der Waals surface area (Å²) < 4.78 is 31.4. The lowest BCUT2D eigenvalue weighted by Gasteiger charge is -2.29. The molecule has 2 aromatic heterocycles. The third-order valence-electron chi connectivity index (χ3n) is 2.92. The molecule has 6 nitrogen and oxygen atoms in total. The van der Waals surface area contributed by atoms with Crippen molar-refractivity contribution in [2.24, 2.45) is 0 Å². The summed E-state index contributed by atoms with van der Waals surface area (Å²) in [5.74, 6) is 1.17. The average Bonchev–Trinajstić information content (AvgIpc) is 2.82. The van der Waals surface area contributed by atoms with Crippen molar-refractivity contribution in [3.63, 3.8) is 0 Å². The Morgan fingerprint density at radius 3 is 3.10 bits per heavy atom. The number of rotatable bonds is 3. The van der Waals surface area contributed by atoms with Crippen molar-refractivity contribution in [1.29, 1.82) is 0 Å². The van der Waals surface area contributed by atoms with E-state index in [1.165, 1.54) is 4.31 Å². The van der Waals surface area contributed by atoms with Crippen molar-refractivity contribution in [3.05, 3.63) is 36.0 Å². The third-order valence-corrected chi connectivity index (χ3v) is 5.68. The number of hydrogen-bond acceptors (Lipinski definition) is 6. The second-order valence-electron chi connectivity index (χ2n) is 4.45. The van der Waals surface area contributed by atoms with Gasteiger partial charge in [0.15, 0.2) is 0 Å². The van der Waals surface area contributed by atoms with Crippen molar-refractivity contribution in [1.82, 2.24) is 10.1 Å². The van der Waals surface area contributed by atoms with E-state index in [1.807, 2.05) is 6.07 Å². The molecule has 0 N–H and O–H groups in total. The van der Waals surface area contributed by atoms with Gasteiger partial charge in [0.1, 0.15) is 17.2 Å². The van der Waals surface area contributed by atoms with Crippen LogP contribution in [-0.2, 0) is 15.8 Å². The standard InChI is InChI=1S/C12H13N3O3S2/c1-9-6-10(14-18-9)8-20(16,17)15-4-5-19-12-2-3-13-7-11(12)15/h2-3,6-7H,4-5,8H2,1H3. The van der Waals surface area contributed by atoms with Gasteiger partial charge in [0, 0.05) is 29.5 Å². The molecule has 0 radical (unpaired) electrons. The van der Waals surface area contributed by atoms with Gasteiger partial charge in [-0.1, -0.05) is 5.16 Å². The molecule has 0 fully saturated rings. The number of anilines is 1. The van der Waals surface area contributed by atoms with Gasteiger partial charge in [0.25, 0.3) is 0 Å². The average molecular weight is 311 g/mol. The number of aryl methyl sites for hydroxylation is 1. The topological polar surface area (TPSA) is 76.3 Å². The molecule has 0 unspecified atom stereocenters. The lowest BCUT2D eigenvalue weighted by atomic mass is 10.4. The van der Waals surface area contributed by atoms with Gasteiger partial charge < -0.3 is 4.52 Å². The molecule has 20 heavy (non-hydrogen) atoms. The molecule has 0 aliphatic carbocycles. The summed E-state index contributed by atoms with van der Waals surface area (Å²) in [7, 11) is -3.48. The van der Waals surface area contributed by atoms with Gasteiger partial charge >= 0.3 is 0 Å². The van der Waals surface area contributed by atoms with Crippen molar-refractivity contribution >= 4 is 27.5 Å². The predicted octanol–water partition coefficient (Wildman–Crippen LogP) is 1.82. The van der Waals surface area contributed by atoms with Crippen LogP contribution in [0.2, 0.25) is 0 Å². The number of nitrogens with zero attached hydrogens (tertiary/aromatic N) is 3. The maximum atomic E-state index is 12.5. The van der Waals surface area contributed by atoms with E-state index >= 15 is 0 Å². The van der Waals surface area contributed by atoms with Crippen LogP contribution in [0.3, 0.4) is 0 Å². The lowest BCUT2D eigenvalue weighted by Crippen LogP contribution is -2.36. The van der Waals surface area contributed by atoms with E-state index < -0.39 is 10.0 Å². The Kier molecular flexibility index (Phi) is 3.43. The Balaban J connectivity index is 1.92. The molecule has 0 aromatic carbocycles. The van der Waals surface area contributed by atoms with E-state index in [0.717, 1.165) is 10.6 Å². The molecule has 0 amide bonds. The molecule has 3 heterocycles. The summed E-state index contributed by atoms with van der Waals surface area (Å²) >= 11 is 1.64. The summed E-state index contributed by atoms with van der Waals surface area (Å²) in [4.78, 5) is 4.96. The predicted molar refractivity (Wildman–Crippen MR) is 76.2 cm³/mol. The first-order chi connectivity index (χ1) is 9.56. The molecule has 3 rings (SSSR count). The Bertz CT molecular complexity index is 727. The largest absolute Gasteiger partial charge is 0.361 e. The number of fused-ring (bicyclic) bond motifs is 1. The van der Waals surface area contributed by atoms with Gasteiger partial charge in [-0.3, -0.25) is 9.29 Å². The fraction of sp³-hybridized carbons (Fsp3) is 0.333. The first-order valence-corrected chi connectivity index (χ1v) is 8.65. The van der Waals surface area contributed by atoms with Crippen LogP contribution in [0.25, 0.3) is 0 Å². The van der Waals surface area contributed by atoms with Crippen molar-refractivity contribution < 1.29 is 12.9 Å². The van der Waals surface area contributed by atoms with Gasteiger partial charge in [0.2, 0.25) is 10.0 Å². The van der Waals surface area contributed by atoms with E-state index in [4.69, 9.17) is 4.52 Å². The first-order valence-electron chi connectivity index (χ1n) is 6.06. The second kappa shape index (κ2) is 5.10. The number of thioether (sulfide) groups is 1. The third kappa shape index (κ3) is 2.53. The first kappa shape index (κ1) is 13.4. The quantitative estimate of drug-likeness (QED) is 0.860. The molecular weight excluding hydrogens is 298 g/mol. The number of aromatic nitrogens is 2. The fourth-order valence-electron chi connectivity index (χ4n) is 2.08. The van der Waals surface area contributed by atoms with Crippen LogP contribution in [0, 0.1) is 6.92 Å². The summed E-state index contributed by atoms with van der Waals surface area (Å²) in [5.41, 5.74) is 1.06. The van der Waals surface area contributed by atoms with Gasteiger partial charge in [-0.2, -0.15) is 0 Å². The summed E-state index contributed by atoms with van der Waals surface area (Å²) in [6.07, 6.45) is 3.26. The number of hydrogen-bond donors (Lipinski definition) is 0. The molecular formula is C12H13N3O3S2. The Labute approximate surface area is 121 Å². The molecule has 0 saturated heterocycles. The van der Waals surface area contributed by atoms with Crippen molar-refractivity contribution in [2.45, 2.75) is 17.6 Å². The van der Waals surface area contributed by atoms with Crippen LogP contribution in [-0.4, -0.2) is 30.9 Å². The molecule has 0 spiro atoms. The zero-order valence-corrected chi connectivity index (χ0v) is 12.4. The maximum absolute atomic E-state index is 12.5. The normalized spacial score (nSPS) is 15.2. The number of pyridine rings is 1. The van der Waals surface area contributed by atoms with Crippen molar-refractivity contribution in [3.8, 4) is 0 Å². The molecule has 106 valence electrons. The summed E-state index contributed by atoms with van der Waals surface area (Å²) in [5, 5.41) is 3.75. The van der Waals surface area contributed by atoms with E-state index in [0.29, 0.717) is 23.7 Å². The highest BCUT2D eigenvalue weighted by Crippen LogP contribution is 2.35. The monoisotopic (exact) mass is 311 g/mol. The molecule has 2 aromatic rings. The molecule has 1 aliphatic rings. The van der Waals surface area contributed by atoms with Gasteiger partial charge in [-0.05, 0) is 13.0 Å². The van der Waals surface area contributed by atoms with Crippen molar-refractivity contribution in [2.75, 3.05) is 16.6 Å². The highest BCUT2D eigenvalue weighted by molar-refractivity contribution is 8.00. The van der Waals surface area contributed by atoms with Crippen LogP contribution < -0.4 is 4.31 Å². The molecule has 0 atom stereocenters. The SMILES string of the molecule is Cc1cc(CS(=O)(=O)N2CCSc3ccncc32)no1. The smallest absolute Gasteiger partial charge is 0.241 e. The zero-order valence-electron chi connectivity index (χ0n) is 10.8. The summed E-state index contributed by atoms with van der Waals surface area (Å²) in [6.45, 7) is 2.18. The lowest BCUT2D eigenvalue weighted by molar-refractivity contribution is 0.392. The maximum Gasteiger partial charge on any atom is 0.241 e. The fourth-order valence-corrected chi connectivity index (χ4v) is 4.70. The van der Waals surface area contributed by atoms with Gasteiger partial charge in [-0.25, -0.2) is 8.42 Å². The molecule has 0 saturated carbocycles. The molecule has 1 aliphatic heterocycles. The summed E-state index contributed by atoms with van der Waals surface area (Å²) in [6, 6.07) is 3.47. The molecule has 0 bridgehead atoms. The second-order valence-corrected chi connectivity index (χ2v) is 7.48. The molecule has 8 heteroatoms. The van der Waals surface area contributed by atoms with Crippen LogP contribution >= 0.6 is 11.8 Å². The Morgan fingerprint density at radius 1 is 1.50 bits per heavy atom. The van der Waals surface area contributed by atoms with Crippen LogP contribution in [0.4, 0.5) is 5.69 Å². The highest BCUT2D eigenvalue weighted by Gasteiger charge is 2.29. The number of sulfonamides is 1. The van der Waals surface area contributed by atoms with E-state index in [2.05, 4.69) is 10.1 Å². The Morgan fingerprint density at radius 2 is 2.35 bits per heavy atom. The van der Waals surface area contributed by atoms with Crippen LogP contribution in [0.5, 0.6) is 0 Å². The van der Waals surface area contributed by atoms with Crippen LogP contribution in [0.1, 0.15) is 11.5 Å². The highest BCUT2D eigenvalue weighted by atomic mass is 32.2. The van der Waals surface area contributed by atoms with E-state index in [1.54, 1.807) is 37.1 Å². The van der Waals surface area contributed by atoms with Gasteiger partial charge in [0.05, 0.1) is 11.9 Å². The zero-order chi connectivity index (χ0) is 14.2.